The number of hydrogen-bond acceptors (Lipinski definition) is 4. The first-order valence-corrected chi connectivity index (χ1v) is 8.22. The smallest absolute Gasteiger partial charge is 0.310 e. The standard InChI is InChI=1S/C20H23NO3/c1-12-9-17(21)13(2)16(11-19(22)23-3)20(12)15-6-7-18-14(10-15)5-4-8-24-18/h6-7,9-10H,4-5,8,11,21H2,1-3H3. The molecule has 0 amide bonds. The van der Waals surface area contributed by atoms with Crippen molar-refractivity contribution in [2.24, 2.45) is 0 Å². The highest BCUT2D eigenvalue weighted by atomic mass is 16.5. The van der Waals surface area contributed by atoms with Crippen molar-refractivity contribution in [1.29, 1.82) is 0 Å². The summed E-state index contributed by atoms with van der Waals surface area (Å²) in [6, 6.07) is 8.23. The molecule has 2 N–H and O–H groups in total. The Bertz CT molecular complexity index is 796. The molecule has 1 heterocycles. The van der Waals surface area contributed by atoms with E-state index >= 15 is 0 Å². The number of aryl methyl sites for hydroxylation is 2. The summed E-state index contributed by atoms with van der Waals surface area (Å²) < 4.78 is 10.6. The van der Waals surface area contributed by atoms with Crippen LogP contribution in [0.2, 0.25) is 0 Å². The first-order chi connectivity index (χ1) is 11.5. The Morgan fingerprint density at radius 3 is 2.83 bits per heavy atom. The van der Waals surface area contributed by atoms with E-state index in [9.17, 15) is 4.79 Å². The minimum absolute atomic E-state index is 0.219. The number of anilines is 1. The van der Waals surface area contributed by atoms with Gasteiger partial charge in [-0.05, 0) is 78.3 Å². The molecule has 126 valence electrons. The maximum absolute atomic E-state index is 11.9. The molecular weight excluding hydrogens is 302 g/mol. The maximum atomic E-state index is 11.9. The molecule has 24 heavy (non-hydrogen) atoms. The molecule has 2 aromatic carbocycles. The number of nitrogen functional groups attached to an aromatic ring is 1. The molecule has 0 atom stereocenters. The van der Waals surface area contributed by atoms with Crippen LogP contribution in [0.4, 0.5) is 5.69 Å². The molecule has 0 aromatic heterocycles. The highest BCUT2D eigenvalue weighted by molar-refractivity contribution is 5.83. The lowest BCUT2D eigenvalue weighted by atomic mass is 9.88. The van der Waals surface area contributed by atoms with Crippen molar-refractivity contribution in [3.05, 3.63) is 46.5 Å². The summed E-state index contributed by atoms with van der Waals surface area (Å²) >= 11 is 0. The number of nitrogens with two attached hydrogens (primary N) is 1. The van der Waals surface area contributed by atoms with E-state index in [1.54, 1.807) is 0 Å². The van der Waals surface area contributed by atoms with Crippen molar-refractivity contribution in [3.8, 4) is 16.9 Å². The molecule has 0 radical (unpaired) electrons. The predicted molar refractivity (Wildman–Crippen MR) is 95.3 cm³/mol. The molecule has 0 fully saturated rings. The van der Waals surface area contributed by atoms with Crippen molar-refractivity contribution in [3.63, 3.8) is 0 Å². The molecule has 0 unspecified atom stereocenters. The number of esters is 1. The van der Waals surface area contributed by atoms with Gasteiger partial charge in [0.15, 0.2) is 0 Å². The Morgan fingerprint density at radius 1 is 1.29 bits per heavy atom. The number of carbonyl (C=O) groups is 1. The van der Waals surface area contributed by atoms with Crippen LogP contribution in [-0.2, 0) is 22.4 Å². The molecule has 0 saturated carbocycles. The minimum atomic E-state index is -0.259. The lowest BCUT2D eigenvalue weighted by Crippen LogP contribution is -2.11. The van der Waals surface area contributed by atoms with Crippen LogP contribution < -0.4 is 10.5 Å². The van der Waals surface area contributed by atoms with Gasteiger partial charge in [0.25, 0.3) is 0 Å². The molecule has 0 saturated heterocycles. The normalized spacial score (nSPS) is 13.1. The Labute approximate surface area is 142 Å². The SMILES string of the molecule is COC(=O)Cc1c(C)c(N)cc(C)c1-c1ccc2c(c1)CCCO2. The maximum Gasteiger partial charge on any atom is 0.310 e. The zero-order chi connectivity index (χ0) is 17.3. The van der Waals surface area contributed by atoms with Crippen LogP contribution in [0.3, 0.4) is 0 Å². The fourth-order valence-corrected chi connectivity index (χ4v) is 3.37. The lowest BCUT2D eigenvalue weighted by molar-refractivity contribution is -0.139. The molecule has 3 rings (SSSR count). The van der Waals surface area contributed by atoms with E-state index in [2.05, 4.69) is 12.1 Å². The fourth-order valence-electron chi connectivity index (χ4n) is 3.37. The Kier molecular flexibility index (Phi) is 4.47. The van der Waals surface area contributed by atoms with Gasteiger partial charge in [0, 0.05) is 5.69 Å². The van der Waals surface area contributed by atoms with E-state index in [1.165, 1.54) is 12.7 Å². The second-order valence-electron chi connectivity index (χ2n) is 6.29. The number of carbonyl (C=O) groups excluding carboxylic acids is 1. The van der Waals surface area contributed by atoms with Gasteiger partial charge in [-0.25, -0.2) is 0 Å². The zero-order valence-corrected chi connectivity index (χ0v) is 14.4. The number of ether oxygens (including phenoxy) is 2. The molecule has 1 aliphatic rings. The molecule has 0 aliphatic carbocycles. The van der Waals surface area contributed by atoms with Crippen LogP contribution in [-0.4, -0.2) is 19.7 Å². The van der Waals surface area contributed by atoms with Crippen LogP contribution in [0.15, 0.2) is 24.3 Å². The highest BCUT2D eigenvalue weighted by Crippen LogP contribution is 2.36. The lowest BCUT2D eigenvalue weighted by Gasteiger charge is -2.21. The van der Waals surface area contributed by atoms with Crippen LogP contribution in [0.25, 0.3) is 11.1 Å². The van der Waals surface area contributed by atoms with Gasteiger partial charge < -0.3 is 15.2 Å². The van der Waals surface area contributed by atoms with Crippen molar-refractivity contribution in [1.82, 2.24) is 0 Å². The van der Waals surface area contributed by atoms with Gasteiger partial charge >= 0.3 is 5.97 Å². The zero-order valence-electron chi connectivity index (χ0n) is 14.4. The van der Waals surface area contributed by atoms with Crippen molar-refractivity contribution >= 4 is 11.7 Å². The van der Waals surface area contributed by atoms with Crippen LogP contribution >= 0.6 is 0 Å². The van der Waals surface area contributed by atoms with Gasteiger partial charge in [0.1, 0.15) is 5.75 Å². The van der Waals surface area contributed by atoms with E-state index in [0.29, 0.717) is 5.69 Å². The third-order valence-corrected chi connectivity index (χ3v) is 4.70. The van der Waals surface area contributed by atoms with Crippen LogP contribution in [0.5, 0.6) is 5.75 Å². The van der Waals surface area contributed by atoms with Gasteiger partial charge in [-0.3, -0.25) is 4.79 Å². The van der Waals surface area contributed by atoms with Crippen molar-refractivity contribution < 1.29 is 14.3 Å². The third-order valence-electron chi connectivity index (χ3n) is 4.70. The van der Waals surface area contributed by atoms with E-state index in [-0.39, 0.29) is 12.4 Å². The van der Waals surface area contributed by atoms with Crippen molar-refractivity contribution in [2.75, 3.05) is 19.5 Å². The number of fused-ring (bicyclic) bond motifs is 1. The summed E-state index contributed by atoms with van der Waals surface area (Å²) in [5.41, 5.74) is 13.2. The summed E-state index contributed by atoms with van der Waals surface area (Å²) in [4.78, 5) is 11.9. The molecule has 0 bridgehead atoms. The number of benzene rings is 2. The van der Waals surface area contributed by atoms with Crippen LogP contribution in [0.1, 0.15) is 28.7 Å². The van der Waals surface area contributed by atoms with Gasteiger partial charge in [0.05, 0.1) is 20.1 Å². The monoisotopic (exact) mass is 325 g/mol. The van der Waals surface area contributed by atoms with Gasteiger partial charge in [-0.2, -0.15) is 0 Å². The average Bonchev–Trinajstić information content (AvgIpc) is 2.59. The Morgan fingerprint density at radius 2 is 2.08 bits per heavy atom. The van der Waals surface area contributed by atoms with E-state index in [4.69, 9.17) is 15.2 Å². The molecule has 1 aliphatic heterocycles. The molecule has 0 spiro atoms. The van der Waals surface area contributed by atoms with Gasteiger partial charge in [0.2, 0.25) is 0 Å². The summed E-state index contributed by atoms with van der Waals surface area (Å²) in [6.45, 7) is 4.76. The van der Waals surface area contributed by atoms with Crippen LogP contribution in [0, 0.1) is 13.8 Å². The fraction of sp³-hybridized carbons (Fsp3) is 0.350. The quantitative estimate of drug-likeness (QED) is 0.692. The molecule has 4 heteroatoms. The Hall–Kier alpha value is -2.49. The third kappa shape index (κ3) is 2.96. The number of rotatable bonds is 3. The second kappa shape index (κ2) is 6.56. The Balaban J connectivity index is 2.16. The van der Waals surface area contributed by atoms with Crippen molar-refractivity contribution in [2.45, 2.75) is 33.1 Å². The highest BCUT2D eigenvalue weighted by Gasteiger charge is 2.19. The second-order valence-corrected chi connectivity index (χ2v) is 6.29. The molecule has 4 nitrogen and oxygen atoms in total. The van der Waals surface area contributed by atoms with E-state index in [0.717, 1.165) is 53.0 Å². The van der Waals surface area contributed by atoms with Gasteiger partial charge in [-0.1, -0.05) is 6.07 Å². The van der Waals surface area contributed by atoms with E-state index < -0.39 is 0 Å². The largest absolute Gasteiger partial charge is 0.493 e. The van der Waals surface area contributed by atoms with Gasteiger partial charge in [-0.15, -0.1) is 0 Å². The average molecular weight is 325 g/mol. The topological polar surface area (TPSA) is 61.5 Å². The first kappa shape index (κ1) is 16.4. The van der Waals surface area contributed by atoms with E-state index in [1.807, 2.05) is 26.0 Å². The number of methoxy groups -OCH3 is 1. The minimum Gasteiger partial charge on any atom is -0.493 e. The summed E-state index contributed by atoms with van der Waals surface area (Å²) in [5, 5.41) is 0. The summed E-state index contributed by atoms with van der Waals surface area (Å²) in [5.74, 6) is 0.704. The first-order valence-electron chi connectivity index (χ1n) is 8.22. The summed E-state index contributed by atoms with van der Waals surface area (Å²) in [7, 11) is 1.41. The number of hydrogen-bond donors (Lipinski definition) is 1. The molecular formula is C20H23NO3. The molecule has 2 aromatic rings. The predicted octanol–water partition coefficient (Wildman–Crippen LogP) is 3.59. The summed E-state index contributed by atoms with van der Waals surface area (Å²) in [6.07, 6.45) is 2.27.